The molecule has 150 valence electrons. The molecule has 0 amide bonds. The highest BCUT2D eigenvalue weighted by atomic mass is 32.2. The molecule has 5 heteroatoms. The SMILES string of the molecule is CSc1nc2c(c(=O)[nH]1)C(c1ccccc1)C1=C(N2)/C(=C/c2ccccc2)CCC1. The zero-order chi connectivity index (χ0) is 20.5. The maximum absolute atomic E-state index is 13.1. The van der Waals surface area contributed by atoms with Crippen LogP contribution < -0.4 is 10.9 Å². The summed E-state index contributed by atoms with van der Waals surface area (Å²) in [5.74, 6) is 0.598. The third kappa shape index (κ3) is 3.39. The first-order chi connectivity index (χ1) is 14.7. The van der Waals surface area contributed by atoms with Crippen LogP contribution in [0.2, 0.25) is 0 Å². The fourth-order valence-electron chi connectivity index (χ4n) is 4.50. The van der Waals surface area contributed by atoms with Gasteiger partial charge in [-0.2, -0.15) is 0 Å². The zero-order valence-corrected chi connectivity index (χ0v) is 17.6. The summed E-state index contributed by atoms with van der Waals surface area (Å²) in [5, 5.41) is 4.18. The molecule has 0 bridgehead atoms. The average Bonchev–Trinajstić information content (AvgIpc) is 2.79. The first kappa shape index (κ1) is 18.9. The average molecular weight is 414 g/mol. The van der Waals surface area contributed by atoms with Gasteiger partial charge in [-0.15, -0.1) is 0 Å². The lowest BCUT2D eigenvalue weighted by molar-refractivity contribution is 0.695. The number of thioether (sulfide) groups is 1. The normalized spacial score (nSPS) is 19.2. The molecule has 0 saturated heterocycles. The largest absolute Gasteiger partial charge is 0.340 e. The number of aromatic amines is 1. The Morgan fingerprint density at radius 2 is 1.77 bits per heavy atom. The molecular weight excluding hydrogens is 390 g/mol. The van der Waals surface area contributed by atoms with Crippen molar-refractivity contribution in [3.05, 3.63) is 105 Å². The number of allylic oxidation sites excluding steroid dienone is 2. The maximum atomic E-state index is 13.1. The first-order valence-electron chi connectivity index (χ1n) is 10.2. The van der Waals surface area contributed by atoms with Crippen molar-refractivity contribution in [1.29, 1.82) is 0 Å². The van der Waals surface area contributed by atoms with Crippen molar-refractivity contribution < 1.29 is 0 Å². The summed E-state index contributed by atoms with van der Waals surface area (Å²) < 4.78 is 0. The van der Waals surface area contributed by atoms with Gasteiger partial charge in [-0.3, -0.25) is 4.79 Å². The molecule has 1 aliphatic carbocycles. The lowest BCUT2D eigenvalue weighted by Crippen LogP contribution is -2.30. The van der Waals surface area contributed by atoms with Crippen molar-refractivity contribution in [3.8, 4) is 0 Å². The van der Waals surface area contributed by atoms with E-state index in [0.29, 0.717) is 11.0 Å². The van der Waals surface area contributed by atoms with Gasteiger partial charge in [-0.1, -0.05) is 72.4 Å². The van der Waals surface area contributed by atoms with E-state index in [1.54, 1.807) is 0 Å². The standard InChI is InChI=1S/C25H23N3OS/c1-30-25-27-23-21(24(29)28-25)20(17-11-6-3-7-12-17)19-14-8-13-18(22(19)26-23)15-16-9-4-2-5-10-16/h2-7,9-12,15,20H,8,13-14H2,1H3,(H2,26,27,28,29)/b18-15+. The van der Waals surface area contributed by atoms with Gasteiger partial charge in [0.15, 0.2) is 5.16 Å². The Morgan fingerprint density at radius 1 is 1.03 bits per heavy atom. The van der Waals surface area contributed by atoms with Gasteiger partial charge in [-0.05, 0) is 53.9 Å². The fourth-order valence-corrected chi connectivity index (χ4v) is 4.87. The Kier molecular flexibility index (Phi) is 5.05. The summed E-state index contributed by atoms with van der Waals surface area (Å²) in [6, 6.07) is 20.7. The number of hydrogen-bond donors (Lipinski definition) is 2. The number of anilines is 1. The summed E-state index contributed by atoms with van der Waals surface area (Å²) in [6.45, 7) is 0. The van der Waals surface area contributed by atoms with Gasteiger partial charge in [0, 0.05) is 11.6 Å². The van der Waals surface area contributed by atoms with Gasteiger partial charge in [-0.25, -0.2) is 4.98 Å². The molecule has 2 aromatic carbocycles. The molecule has 0 spiro atoms. The van der Waals surface area contributed by atoms with E-state index in [2.05, 4.69) is 52.8 Å². The minimum Gasteiger partial charge on any atom is -0.340 e. The minimum atomic E-state index is -0.0796. The number of nitrogens with zero attached hydrogens (tertiary/aromatic N) is 1. The van der Waals surface area contributed by atoms with Crippen LogP contribution in [0, 0.1) is 0 Å². The Morgan fingerprint density at radius 3 is 2.50 bits per heavy atom. The molecule has 2 heterocycles. The second-order valence-electron chi connectivity index (χ2n) is 7.64. The fraction of sp³-hybridized carbons (Fsp3) is 0.200. The van der Waals surface area contributed by atoms with Crippen LogP contribution in [-0.2, 0) is 0 Å². The summed E-state index contributed by atoms with van der Waals surface area (Å²) in [6.07, 6.45) is 7.24. The molecule has 1 aromatic heterocycles. The second kappa shape index (κ2) is 8.00. The van der Waals surface area contributed by atoms with E-state index < -0.39 is 0 Å². The number of hydrogen-bond acceptors (Lipinski definition) is 4. The molecule has 1 atom stereocenters. The third-order valence-corrected chi connectivity index (χ3v) is 6.40. The maximum Gasteiger partial charge on any atom is 0.257 e. The number of benzene rings is 2. The van der Waals surface area contributed by atoms with Crippen molar-refractivity contribution >= 4 is 23.7 Å². The van der Waals surface area contributed by atoms with E-state index in [4.69, 9.17) is 4.98 Å². The van der Waals surface area contributed by atoms with Gasteiger partial charge in [0.2, 0.25) is 0 Å². The Hall–Kier alpha value is -3.05. The highest BCUT2D eigenvalue weighted by Gasteiger charge is 2.35. The van der Waals surface area contributed by atoms with Crippen molar-refractivity contribution in [2.45, 2.75) is 30.3 Å². The van der Waals surface area contributed by atoms with Crippen molar-refractivity contribution in [3.63, 3.8) is 0 Å². The van der Waals surface area contributed by atoms with Crippen LogP contribution in [0.4, 0.5) is 5.82 Å². The molecule has 4 nitrogen and oxygen atoms in total. The molecule has 0 fully saturated rings. The molecule has 30 heavy (non-hydrogen) atoms. The van der Waals surface area contributed by atoms with Crippen LogP contribution in [-0.4, -0.2) is 16.2 Å². The van der Waals surface area contributed by atoms with Crippen LogP contribution in [0.25, 0.3) is 6.08 Å². The first-order valence-corrected chi connectivity index (χ1v) is 11.5. The quantitative estimate of drug-likeness (QED) is 0.435. The lowest BCUT2D eigenvalue weighted by Gasteiger charge is -2.35. The molecule has 3 aromatic rings. The van der Waals surface area contributed by atoms with E-state index >= 15 is 0 Å². The predicted molar refractivity (Wildman–Crippen MR) is 124 cm³/mol. The lowest BCUT2D eigenvalue weighted by atomic mass is 9.75. The highest BCUT2D eigenvalue weighted by Crippen LogP contribution is 2.46. The smallest absolute Gasteiger partial charge is 0.257 e. The molecule has 1 aliphatic heterocycles. The van der Waals surface area contributed by atoms with Crippen LogP contribution in [0.3, 0.4) is 0 Å². The summed E-state index contributed by atoms with van der Waals surface area (Å²) in [4.78, 5) is 20.8. The van der Waals surface area contributed by atoms with Gasteiger partial charge in [0.1, 0.15) is 5.82 Å². The molecule has 2 aliphatic rings. The number of H-pyrrole nitrogens is 1. The topological polar surface area (TPSA) is 57.8 Å². The molecule has 2 N–H and O–H groups in total. The van der Waals surface area contributed by atoms with Crippen molar-refractivity contribution in [2.75, 3.05) is 11.6 Å². The van der Waals surface area contributed by atoms with E-state index in [1.807, 2.05) is 30.5 Å². The monoisotopic (exact) mass is 413 g/mol. The predicted octanol–water partition coefficient (Wildman–Crippen LogP) is 5.57. The summed E-state index contributed by atoms with van der Waals surface area (Å²) >= 11 is 1.45. The number of fused-ring (bicyclic) bond motifs is 1. The van der Waals surface area contributed by atoms with E-state index in [-0.39, 0.29) is 11.5 Å². The van der Waals surface area contributed by atoms with Crippen LogP contribution >= 0.6 is 11.8 Å². The Bertz CT molecular complexity index is 1200. The summed E-state index contributed by atoms with van der Waals surface area (Å²) in [7, 11) is 0. The Labute approximate surface area is 180 Å². The highest BCUT2D eigenvalue weighted by molar-refractivity contribution is 7.98. The molecular formula is C25H23N3OS. The number of aromatic nitrogens is 2. The van der Waals surface area contributed by atoms with Crippen LogP contribution in [0.1, 0.15) is 41.9 Å². The minimum absolute atomic E-state index is 0.0589. The van der Waals surface area contributed by atoms with E-state index in [9.17, 15) is 4.79 Å². The van der Waals surface area contributed by atoms with Gasteiger partial charge < -0.3 is 10.3 Å². The van der Waals surface area contributed by atoms with Gasteiger partial charge in [0.25, 0.3) is 5.56 Å². The number of rotatable bonds is 3. The molecule has 0 saturated carbocycles. The van der Waals surface area contributed by atoms with Crippen LogP contribution in [0.15, 0.2) is 87.5 Å². The zero-order valence-electron chi connectivity index (χ0n) is 16.8. The Balaban J connectivity index is 1.72. The van der Waals surface area contributed by atoms with Gasteiger partial charge >= 0.3 is 0 Å². The molecule has 5 rings (SSSR count). The molecule has 0 radical (unpaired) electrons. The van der Waals surface area contributed by atoms with E-state index in [0.717, 1.165) is 36.1 Å². The van der Waals surface area contributed by atoms with Crippen molar-refractivity contribution in [1.82, 2.24) is 9.97 Å². The van der Waals surface area contributed by atoms with E-state index in [1.165, 1.54) is 28.5 Å². The number of nitrogens with one attached hydrogen (secondary N) is 2. The molecule has 1 unspecified atom stereocenters. The summed E-state index contributed by atoms with van der Waals surface area (Å²) in [5.41, 5.74) is 6.69. The second-order valence-corrected chi connectivity index (χ2v) is 8.44. The van der Waals surface area contributed by atoms with Crippen molar-refractivity contribution in [2.24, 2.45) is 0 Å². The third-order valence-electron chi connectivity index (χ3n) is 5.82. The van der Waals surface area contributed by atoms with Gasteiger partial charge in [0.05, 0.1) is 5.56 Å². The van der Waals surface area contributed by atoms with Crippen LogP contribution in [0.5, 0.6) is 0 Å².